The van der Waals surface area contributed by atoms with Crippen molar-refractivity contribution in [3.63, 3.8) is 0 Å². The van der Waals surface area contributed by atoms with E-state index in [2.05, 4.69) is 15.3 Å². The highest BCUT2D eigenvalue weighted by Gasteiger charge is 2.19. The molecule has 0 aliphatic rings. The van der Waals surface area contributed by atoms with Gasteiger partial charge in [0.25, 0.3) is 5.91 Å². The molecule has 0 fully saturated rings. The fourth-order valence-electron chi connectivity index (χ4n) is 3.03. The third-order valence-corrected chi connectivity index (χ3v) is 4.64. The molecular formula is C20H24FN5O2. The Morgan fingerprint density at radius 3 is 2.64 bits per heavy atom. The van der Waals surface area contributed by atoms with Crippen LogP contribution < -0.4 is 4.74 Å². The van der Waals surface area contributed by atoms with Gasteiger partial charge in [-0.1, -0.05) is 0 Å². The van der Waals surface area contributed by atoms with Crippen molar-refractivity contribution in [2.24, 2.45) is 7.05 Å². The lowest BCUT2D eigenvalue weighted by Gasteiger charge is -2.16. The summed E-state index contributed by atoms with van der Waals surface area (Å²) in [5, 5.41) is 11.5. The van der Waals surface area contributed by atoms with Crippen molar-refractivity contribution in [1.29, 1.82) is 0 Å². The maximum Gasteiger partial charge on any atom is 0.271 e. The Balaban J connectivity index is 1.55. The predicted octanol–water partition coefficient (Wildman–Crippen LogP) is 3.11. The molecule has 0 aliphatic carbocycles. The summed E-state index contributed by atoms with van der Waals surface area (Å²) in [6.07, 6.45) is 0.654. The quantitative estimate of drug-likeness (QED) is 0.634. The van der Waals surface area contributed by atoms with Gasteiger partial charge in [0, 0.05) is 31.9 Å². The summed E-state index contributed by atoms with van der Waals surface area (Å²) in [5.41, 5.74) is 3.94. The number of H-pyrrole nitrogens is 1. The number of benzene rings is 1. The largest absolute Gasteiger partial charge is 0.494 e. The number of aromatic nitrogens is 4. The number of hydrogen-bond donors (Lipinski definition) is 1. The molecule has 3 rings (SSSR count). The molecular weight excluding hydrogens is 361 g/mol. The average Bonchev–Trinajstić information content (AvgIpc) is 3.24. The fourth-order valence-corrected chi connectivity index (χ4v) is 3.03. The van der Waals surface area contributed by atoms with Crippen LogP contribution in [-0.2, 0) is 7.05 Å². The predicted molar refractivity (Wildman–Crippen MR) is 104 cm³/mol. The van der Waals surface area contributed by atoms with Crippen LogP contribution >= 0.6 is 0 Å². The molecule has 2 heterocycles. The van der Waals surface area contributed by atoms with Gasteiger partial charge in [-0.25, -0.2) is 4.39 Å². The molecule has 1 aromatic carbocycles. The molecule has 0 saturated carbocycles. The first-order valence-electron chi connectivity index (χ1n) is 9.06. The molecule has 2 aromatic heterocycles. The minimum absolute atomic E-state index is 0.139. The summed E-state index contributed by atoms with van der Waals surface area (Å²) < 4.78 is 20.2. The van der Waals surface area contributed by atoms with E-state index in [9.17, 15) is 9.18 Å². The number of nitrogens with zero attached hydrogens (tertiary/aromatic N) is 4. The van der Waals surface area contributed by atoms with Crippen molar-refractivity contribution in [1.82, 2.24) is 24.9 Å². The highest BCUT2D eigenvalue weighted by Crippen LogP contribution is 2.25. The zero-order chi connectivity index (χ0) is 20.3. The molecule has 0 saturated heterocycles. The van der Waals surface area contributed by atoms with Crippen LogP contribution in [0.15, 0.2) is 30.3 Å². The summed E-state index contributed by atoms with van der Waals surface area (Å²) in [6, 6.07) is 7.63. The second kappa shape index (κ2) is 8.24. The van der Waals surface area contributed by atoms with E-state index in [-0.39, 0.29) is 11.7 Å². The standard InChI is InChI=1S/C20H24FN5O2/c1-13-19(14(2)26(4)24-13)17-12-18(23-22-17)20(27)25(3)10-5-11-28-16-8-6-15(21)7-9-16/h6-9,12H,5,10-11H2,1-4H3,(H,22,23). The number of aryl methyl sites for hydroxylation is 2. The molecule has 148 valence electrons. The van der Waals surface area contributed by atoms with Gasteiger partial charge in [0.05, 0.1) is 18.0 Å². The first kappa shape index (κ1) is 19.6. The number of hydrogen-bond acceptors (Lipinski definition) is 4. The maximum absolute atomic E-state index is 12.9. The highest BCUT2D eigenvalue weighted by molar-refractivity contribution is 5.93. The summed E-state index contributed by atoms with van der Waals surface area (Å²) in [6.45, 7) is 4.86. The van der Waals surface area contributed by atoms with E-state index in [4.69, 9.17) is 4.74 Å². The lowest BCUT2D eigenvalue weighted by molar-refractivity contribution is 0.0782. The van der Waals surface area contributed by atoms with Crippen molar-refractivity contribution in [3.8, 4) is 17.0 Å². The lowest BCUT2D eigenvalue weighted by atomic mass is 10.1. The number of ether oxygens (including phenoxy) is 1. The number of carbonyl (C=O) groups is 1. The van der Waals surface area contributed by atoms with Crippen LogP contribution in [0.2, 0.25) is 0 Å². The van der Waals surface area contributed by atoms with Crippen LogP contribution in [0.1, 0.15) is 28.3 Å². The van der Waals surface area contributed by atoms with Crippen molar-refractivity contribution in [2.75, 3.05) is 20.2 Å². The summed E-state index contributed by atoms with van der Waals surface area (Å²) in [7, 11) is 3.62. The molecule has 0 aliphatic heterocycles. The monoisotopic (exact) mass is 385 g/mol. The zero-order valence-electron chi connectivity index (χ0n) is 16.5. The Kier molecular flexibility index (Phi) is 5.77. The molecule has 0 radical (unpaired) electrons. The number of nitrogens with one attached hydrogen (secondary N) is 1. The molecule has 1 N–H and O–H groups in total. The summed E-state index contributed by atoms with van der Waals surface area (Å²) >= 11 is 0. The van der Waals surface area contributed by atoms with Gasteiger partial charge in [-0.15, -0.1) is 0 Å². The second-order valence-electron chi connectivity index (χ2n) is 6.72. The molecule has 0 bridgehead atoms. The lowest BCUT2D eigenvalue weighted by Crippen LogP contribution is -2.29. The summed E-state index contributed by atoms with van der Waals surface area (Å²) in [4.78, 5) is 14.2. The van der Waals surface area contributed by atoms with Gasteiger partial charge in [-0.3, -0.25) is 14.6 Å². The third-order valence-electron chi connectivity index (χ3n) is 4.64. The van der Waals surface area contributed by atoms with E-state index in [0.717, 1.165) is 17.0 Å². The molecule has 0 unspecified atom stereocenters. The molecule has 1 amide bonds. The van der Waals surface area contributed by atoms with Crippen LogP contribution in [0.4, 0.5) is 4.39 Å². The first-order chi connectivity index (χ1) is 13.4. The Labute approximate surface area is 163 Å². The normalized spacial score (nSPS) is 10.9. The topological polar surface area (TPSA) is 76.0 Å². The molecule has 7 nitrogen and oxygen atoms in total. The van der Waals surface area contributed by atoms with Crippen molar-refractivity contribution in [2.45, 2.75) is 20.3 Å². The molecule has 28 heavy (non-hydrogen) atoms. The minimum atomic E-state index is -0.298. The Hall–Kier alpha value is -3.16. The molecule has 8 heteroatoms. The summed E-state index contributed by atoms with van der Waals surface area (Å²) in [5.74, 6) is 0.170. The third kappa shape index (κ3) is 4.21. The van der Waals surface area contributed by atoms with Crippen LogP contribution in [0.25, 0.3) is 11.3 Å². The van der Waals surface area contributed by atoms with Gasteiger partial charge in [0.15, 0.2) is 0 Å². The molecule has 3 aromatic rings. The van der Waals surface area contributed by atoms with Crippen molar-refractivity contribution in [3.05, 3.63) is 53.2 Å². The van der Waals surface area contributed by atoms with Crippen LogP contribution in [0.5, 0.6) is 5.75 Å². The molecule has 0 atom stereocenters. The SMILES string of the molecule is Cc1nn(C)c(C)c1-c1cc(C(=O)N(C)CCCOc2ccc(F)cc2)[nH]n1. The van der Waals surface area contributed by atoms with E-state index < -0.39 is 0 Å². The Bertz CT molecular complexity index is 962. The van der Waals surface area contributed by atoms with Crippen molar-refractivity contribution >= 4 is 5.91 Å². The van der Waals surface area contributed by atoms with Gasteiger partial charge < -0.3 is 9.64 Å². The first-order valence-corrected chi connectivity index (χ1v) is 9.06. The van der Waals surface area contributed by atoms with E-state index in [0.29, 0.717) is 36.7 Å². The number of amides is 1. The maximum atomic E-state index is 12.9. The van der Waals surface area contributed by atoms with E-state index in [1.807, 2.05) is 20.9 Å². The zero-order valence-corrected chi connectivity index (χ0v) is 16.5. The van der Waals surface area contributed by atoms with E-state index >= 15 is 0 Å². The van der Waals surface area contributed by atoms with E-state index in [1.54, 1.807) is 34.8 Å². The number of carbonyl (C=O) groups excluding carboxylic acids is 1. The fraction of sp³-hybridized carbons (Fsp3) is 0.350. The van der Waals surface area contributed by atoms with Gasteiger partial charge in [-0.05, 0) is 50.6 Å². The van der Waals surface area contributed by atoms with Crippen LogP contribution in [0.3, 0.4) is 0 Å². The molecule has 0 spiro atoms. The Morgan fingerprint density at radius 2 is 2.00 bits per heavy atom. The average molecular weight is 385 g/mol. The number of halogens is 1. The van der Waals surface area contributed by atoms with Gasteiger partial charge in [-0.2, -0.15) is 10.2 Å². The number of aromatic amines is 1. The second-order valence-corrected chi connectivity index (χ2v) is 6.72. The van der Waals surface area contributed by atoms with Gasteiger partial charge >= 0.3 is 0 Å². The van der Waals surface area contributed by atoms with Crippen LogP contribution in [-0.4, -0.2) is 51.0 Å². The number of rotatable bonds is 7. The van der Waals surface area contributed by atoms with Crippen molar-refractivity contribution < 1.29 is 13.9 Å². The van der Waals surface area contributed by atoms with E-state index in [1.165, 1.54) is 12.1 Å². The van der Waals surface area contributed by atoms with Crippen LogP contribution in [0, 0.1) is 19.7 Å². The smallest absolute Gasteiger partial charge is 0.271 e. The Morgan fingerprint density at radius 1 is 1.29 bits per heavy atom. The van der Waals surface area contributed by atoms with Gasteiger partial charge in [0.1, 0.15) is 17.3 Å². The minimum Gasteiger partial charge on any atom is -0.494 e. The highest BCUT2D eigenvalue weighted by atomic mass is 19.1. The van der Waals surface area contributed by atoms with Gasteiger partial charge in [0.2, 0.25) is 0 Å².